The van der Waals surface area contributed by atoms with Gasteiger partial charge in [0, 0.05) is 43.1 Å². The van der Waals surface area contributed by atoms with E-state index in [2.05, 4.69) is 41.6 Å². The average Bonchev–Trinajstić information content (AvgIpc) is 2.98. The van der Waals surface area contributed by atoms with E-state index in [0.717, 1.165) is 19.1 Å². The number of nitrogens with one attached hydrogen (secondary N) is 1. The van der Waals surface area contributed by atoms with Crippen LogP contribution >= 0.6 is 0 Å². The fourth-order valence-electron chi connectivity index (χ4n) is 4.26. The molecule has 3 heteroatoms. The predicted octanol–water partition coefficient (Wildman–Crippen LogP) is 2.84. The smallest absolute Gasteiger partial charge is 0.0249 e. The van der Waals surface area contributed by atoms with Gasteiger partial charge in [-0.3, -0.25) is 4.90 Å². The molecule has 0 spiro atoms. The van der Waals surface area contributed by atoms with Crippen molar-refractivity contribution in [2.75, 3.05) is 13.1 Å². The van der Waals surface area contributed by atoms with Gasteiger partial charge < -0.3 is 9.88 Å². The number of hydrogen-bond acceptors (Lipinski definition) is 2. The Morgan fingerprint density at radius 3 is 2.80 bits per heavy atom. The summed E-state index contributed by atoms with van der Waals surface area (Å²) in [6.07, 6.45) is 5.55. The number of nitrogens with zero attached hydrogens (tertiary/aromatic N) is 2. The lowest BCUT2D eigenvalue weighted by Gasteiger charge is -2.32. The van der Waals surface area contributed by atoms with Gasteiger partial charge in [-0.15, -0.1) is 0 Å². The fraction of sp³-hybridized carbons (Fsp3) is 0.765. The van der Waals surface area contributed by atoms with Gasteiger partial charge in [-0.05, 0) is 58.2 Å². The van der Waals surface area contributed by atoms with Crippen molar-refractivity contribution in [3.63, 3.8) is 0 Å². The molecule has 0 aromatic carbocycles. The summed E-state index contributed by atoms with van der Waals surface area (Å²) in [5.74, 6) is 0. The van der Waals surface area contributed by atoms with Crippen molar-refractivity contribution < 1.29 is 0 Å². The Morgan fingerprint density at radius 1 is 1.20 bits per heavy atom. The van der Waals surface area contributed by atoms with Crippen LogP contribution < -0.4 is 5.32 Å². The van der Waals surface area contributed by atoms with Crippen LogP contribution in [0.4, 0.5) is 0 Å². The van der Waals surface area contributed by atoms with Crippen molar-refractivity contribution in [3.05, 3.63) is 23.0 Å². The Kier molecular flexibility index (Phi) is 4.18. The molecule has 0 aliphatic carbocycles. The van der Waals surface area contributed by atoms with Gasteiger partial charge in [0.25, 0.3) is 0 Å². The molecular formula is C17H29N3. The normalized spacial score (nSPS) is 26.9. The van der Waals surface area contributed by atoms with Crippen LogP contribution in [0.5, 0.6) is 0 Å². The lowest BCUT2D eigenvalue weighted by Crippen LogP contribution is -2.44. The number of fused-ring (bicyclic) bond motifs is 1. The number of aryl methyl sites for hydroxylation is 1. The fourth-order valence-corrected chi connectivity index (χ4v) is 4.26. The molecule has 20 heavy (non-hydrogen) atoms. The van der Waals surface area contributed by atoms with Crippen LogP contribution in [0, 0.1) is 13.8 Å². The zero-order valence-electron chi connectivity index (χ0n) is 13.3. The average molecular weight is 275 g/mol. The summed E-state index contributed by atoms with van der Waals surface area (Å²) >= 11 is 0. The molecule has 0 amide bonds. The van der Waals surface area contributed by atoms with Gasteiger partial charge in [-0.25, -0.2) is 0 Å². The number of piperidine rings is 1. The summed E-state index contributed by atoms with van der Waals surface area (Å²) in [6.45, 7) is 11.5. The van der Waals surface area contributed by atoms with Crippen LogP contribution in [0.1, 0.15) is 49.6 Å². The third kappa shape index (κ3) is 2.53. The summed E-state index contributed by atoms with van der Waals surface area (Å²) < 4.78 is 2.42. The highest BCUT2D eigenvalue weighted by atomic mass is 15.2. The van der Waals surface area contributed by atoms with Gasteiger partial charge in [-0.2, -0.15) is 0 Å². The monoisotopic (exact) mass is 275 g/mol. The van der Waals surface area contributed by atoms with Gasteiger partial charge in [0.05, 0.1) is 0 Å². The quantitative estimate of drug-likeness (QED) is 0.912. The molecule has 1 aromatic rings. The minimum Gasteiger partial charge on any atom is -0.349 e. The Bertz CT molecular complexity index is 463. The van der Waals surface area contributed by atoms with Crippen LogP contribution in [-0.2, 0) is 13.1 Å². The molecular weight excluding hydrogens is 246 g/mol. The van der Waals surface area contributed by atoms with Crippen molar-refractivity contribution in [3.8, 4) is 0 Å². The molecule has 3 rings (SSSR count). The second-order valence-corrected chi connectivity index (χ2v) is 6.52. The summed E-state index contributed by atoms with van der Waals surface area (Å²) in [5, 5.41) is 3.85. The topological polar surface area (TPSA) is 20.2 Å². The zero-order valence-corrected chi connectivity index (χ0v) is 13.3. The number of rotatable bonds is 4. The van der Waals surface area contributed by atoms with Crippen molar-refractivity contribution in [1.82, 2.24) is 14.8 Å². The van der Waals surface area contributed by atoms with E-state index in [4.69, 9.17) is 0 Å². The summed E-state index contributed by atoms with van der Waals surface area (Å²) in [5.41, 5.74) is 4.32. The molecule has 0 bridgehead atoms. The second kappa shape index (κ2) is 5.90. The van der Waals surface area contributed by atoms with Gasteiger partial charge in [0.2, 0.25) is 0 Å². The Balaban J connectivity index is 1.62. The third-order valence-corrected chi connectivity index (χ3v) is 5.41. The molecule has 3 nitrogen and oxygen atoms in total. The highest BCUT2D eigenvalue weighted by Crippen LogP contribution is 2.27. The number of hydrogen-bond donors (Lipinski definition) is 1. The maximum atomic E-state index is 3.85. The zero-order chi connectivity index (χ0) is 14.1. The van der Waals surface area contributed by atoms with Crippen LogP contribution in [-0.4, -0.2) is 34.6 Å². The van der Waals surface area contributed by atoms with E-state index in [-0.39, 0.29) is 0 Å². The lowest BCUT2D eigenvalue weighted by molar-refractivity contribution is 0.180. The van der Waals surface area contributed by atoms with E-state index >= 15 is 0 Å². The third-order valence-electron chi connectivity index (χ3n) is 5.41. The molecule has 2 unspecified atom stereocenters. The Morgan fingerprint density at radius 2 is 2.05 bits per heavy atom. The van der Waals surface area contributed by atoms with E-state index in [1.165, 1.54) is 55.7 Å². The van der Waals surface area contributed by atoms with Crippen molar-refractivity contribution in [2.24, 2.45) is 0 Å². The molecule has 0 radical (unpaired) electrons. The molecule has 112 valence electrons. The first-order valence-electron chi connectivity index (χ1n) is 8.33. The van der Waals surface area contributed by atoms with Crippen LogP contribution in [0.15, 0.2) is 6.07 Å². The molecule has 3 heterocycles. The van der Waals surface area contributed by atoms with E-state index in [9.17, 15) is 0 Å². The van der Waals surface area contributed by atoms with Gasteiger partial charge >= 0.3 is 0 Å². The van der Waals surface area contributed by atoms with E-state index in [1.807, 2.05) is 0 Å². The van der Waals surface area contributed by atoms with E-state index in [0.29, 0.717) is 6.04 Å². The van der Waals surface area contributed by atoms with Crippen LogP contribution in [0.2, 0.25) is 0 Å². The van der Waals surface area contributed by atoms with Crippen molar-refractivity contribution in [1.29, 1.82) is 0 Å². The van der Waals surface area contributed by atoms with E-state index in [1.54, 1.807) is 0 Å². The highest BCUT2D eigenvalue weighted by molar-refractivity contribution is 5.26. The molecule has 1 aromatic heterocycles. The van der Waals surface area contributed by atoms with Crippen molar-refractivity contribution >= 4 is 0 Å². The summed E-state index contributed by atoms with van der Waals surface area (Å²) in [6, 6.07) is 3.87. The molecule has 2 fully saturated rings. The lowest BCUT2D eigenvalue weighted by atomic mass is 9.99. The summed E-state index contributed by atoms with van der Waals surface area (Å²) in [7, 11) is 0. The first-order chi connectivity index (χ1) is 9.70. The molecule has 2 aliphatic heterocycles. The predicted molar refractivity (Wildman–Crippen MR) is 84.0 cm³/mol. The SMILES string of the molecule is CCn1c(C)cc(CNC2CCN3CCCCC23)c1C. The van der Waals surface area contributed by atoms with E-state index < -0.39 is 0 Å². The van der Waals surface area contributed by atoms with Gasteiger partial charge in [0.1, 0.15) is 0 Å². The van der Waals surface area contributed by atoms with Gasteiger partial charge in [-0.1, -0.05) is 6.42 Å². The standard InChI is InChI=1S/C17H29N3/c1-4-20-13(2)11-15(14(20)3)12-18-16-8-10-19-9-6-5-7-17(16)19/h11,16-18H,4-10,12H2,1-3H3. The maximum absolute atomic E-state index is 3.85. The number of aromatic nitrogens is 1. The minimum absolute atomic E-state index is 0.708. The molecule has 0 saturated carbocycles. The van der Waals surface area contributed by atoms with Crippen LogP contribution in [0.3, 0.4) is 0 Å². The molecule has 2 atom stereocenters. The Labute approximate surface area is 123 Å². The Hall–Kier alpha value is -0.800. The molecule has 2 aliphatic rings. The largest absolute Gasteiger partial charge is 0.349 e. The van der Waals surface area contributed by atoms with Crippen molar-refractivity contribution in [2.45, 2.75) is 71.6 Å². The highest BCUT2D eigenvalue weighted by Gasteiger charge is 2.34. The van der Waals surface area contributed by atoms with Crippen LogP contribution in [0.25, 0.3) is 0 Å². The first kappa shape index (κ1) is 14.2. The second-order valence-electron chi connectivity index (χ2n) is 6.52. The first-order valence-corrected chi connectivity index (χ1v) is 8.33. The summed E-state index contributed by atoms with van der Waals surface area (Å²) in [4.78, 5) is 2.70. The van der Waals surface area contributed by atoms with Gasteiger partial charge in [0.15, 0.2) is 0 Å². The minimum atomic E-state index is 0.708. The maximum Gasteiger partial charge on any atom is 0.0249 e. The molecule has 2 saturated heterocycles. The molecule has 1 N–H and O–H groups in total.